The molecule has 2 heterocycles. The molecule has 6 nitrogen and oxygen atoms in total. The van der Waals surface area contributed by atoms with Gasteiger partial charge in [0.1, 0.15) is 0 Å². The molecule has 0 spiro atoms. The molecule has 3 N–H and O–H groups in total. The maximum absolute atomic E-state index is 12.4. The number of pyridine rings is 1. The molecule has 0 bridgehead atoms. The third-order valence-corrected chi connectivity index (χ3v) is 4.92. The van der Waals surface area contributed by atoms with Gasteiger partial charge in [-0.15, -0.1) is 11.3 Å². The van der Waals surface area contributed by atoms with Gasteiger partial charge in [-0.2, -0.15) is 0 Å². The van der Waals surface area contributed by atoms with E-state index in [0.717, 1.165) is 0 Å². The number of nitrogen functional groups attached to an aromatic ring is 1. The Morgan fingerprint density at radius 2 is 2.00 bits per heavy atom. The van der Waals surface area contributed by atoms with Gasteiger partial charge in [0.2, 0.25) is 0 Å². The molecule has 3 aromatic rings. The third-order valence-electron chi connectivity index (χ3n) is 2.70. The molecule has 0 aliphatic heterocycles. The van der Waals surface area contributed by atoms with Gasteiger partial charge in [0.15, 0.2) is 5.13 Å². The second-order valence-corrected chi connectivity index (χ2v) is 6.54. The Hall–Kier alpha value is -2.19. The average Bonchev–Trinajstić information content (AvgIpc) is 2.91. The van der Waals surface area contributed by atoms with Crippen LogP contribution in [-0.4, -0.2) is 18.4 Å². The van der Waals surface area contributed by atoms with Crippen molar-refractivity contribution < 1.29 is 8.42 Å². The number of hydrogen-bond donors (Lipinski definition) is 2. The van der Waals surface area contributed by atoms with Gasteiger partial charge < -0.3 is 5.73 Å². The van der Waals surface area contributed by atoms with E-state index < -0.39 is 10.0 Å². The lowest BCUT2D eigenvalue weighted by atomic mass is 10.2. The molecule has 0 atom stereocenters. The Morgan fingerprint density at radius 1 is 1.15 bits per heavy atom. The third kappa shape index (κ3) is 2.19. The van der Waals surface area contributed by atoms with Gasteiger partial charge in [0, 0.05) is 23.2 Å². The predicted molar refractivity (Wildman–Crippen MR) is 79.1 cm³/mol. The summed E-state index contributed by atoms with van der Waals surface area (Å²) in [5.74, 6) is 0. The van der Waals surface area contributed by atoms with E-state index in [9.17, 15) is 8.42 Å². The molecule has 0 fully saturated rings. The van der Waals surface area contributed by atoms with Crippen LogP contribution in [0.3, 0.4) is 0 Å². The van der Waals surface area contributed by atoms with Crippen LogP contribution in [0.25, 0.3) is 10.9 Å². The van der Waals surface area contributed by atoms with Crippen molar-refractivity contribution in [1.82, 2.24) is 9.97 Å². The van der Waals surface area contributed by atoms with E-state index in [2.05, 4.69) is 14.7 Å². The highest BCUT2D eigenvalue weighted by Crippen LogP contribution is 2.27. The molecule has 8 heteroatoms. The number of aromatic nitrogens is 2. The summed E-state index contributed by atoms with van der Waals surface area (Å²) in [6, 6.07) is 6.35. The standard InChI is InChI=1S/C12H10N4O2S2/c13-9-3-4-10(8-2-1-5-14-11(8)9)20(17,18)16-12-15-6-7-19-12/h1-7H,13H2,(H,15,16). The molecule has 0 radical (unpaired) electrons. The van der Waals surface area contributed by atoms with Crippen molar-refractivity contribution in [2.24, 2.45) is 0 Å². The highest BCUT2D eigenvalue weighted by atomic mass is 32.2. The zero-order valence-electron chi connectivity index (χ0n) is 10.1. The summed E-state index contributed by atoms with van der Waals surface area (Å²) in [7, 11) is -3.72. The van der Waals surface area contributed by atoms with Crippen LogP contribution >= 0.6 is 11.3 Å². The van der Waals surface area contributed by atoms with Crippen LogP contribution in [-0.2, 0) is 10.0 Å². The van der Waals surface area contributed by atoms with Gasteiger partial charge in [-0.1, -0.05) is 0 Å². The minimum atomic E-state index is -3.72. The van der Waals surface area contributed by atoms with Gasteiger partial charge in [0.25, 0.3) is 10.0 Å². The Kier molecular flexibility index (Phi) is 3.03. The topological polar surface area (TPSA) is 98.0 Å². The highest BCUT2D eigenvalue weighted by Gasteiger charge is 2.19. The zero-order valence-corrected chi connectivity index (χ0v) is 11.8. The summed E-state index contributed by atoms with van der Waals surface area (Å²) < 4.78 is 27.3. The first-order valence-electron chi connectivity index (χ1n) is 5.63. The Morgan fingerprint density at radius 3 is 2.75 bits per heavy atom. The lowest BCUT2D eigenvalue weighted by molar-refractivity contribution is 0.602. The molecule has 3 rings (SSSR count). The molecule has 1 aromatic carbocycles. The summed E-state index contributed by atoms with van der Waals surface area (Å²) in [4.78, 5) is 8.16. The molecule has 0 amide bonds. The molecule has 20 heavy (non-hydrogen) atoms. The first kappa shape index (κ1) is 12.8. The van der Waals surface area contributed by atoms with Crippen LogP contribution in [0.2, 0.25) is 0 Å². The van der Waals surface area contributed by atoms with Gasteiger partial charge in [-0.25, -0.2) is 13.4 Å². The number of fused-ring (bicyclic) bond motifs is 1. The minimum absolute atomic E-state index is 0.130. The Balaban J connectivity index is 2.17. The zero-order chi connectivity index (χ0) is 14.2. The van der Waals surface area contributed by atoms with Crippen molar-refractivity contribution in [3.8, 4) is 0 Å². The van der Waals surface area contributed by atoms with Crippen LogP contribution in [0.15, 0.2) is 46.9 Å². The van der Waals surface area contributed by atoms with Crippen LogP contribution in [0.4, 0.5) is 10.8 Å². The maximum atomic E-state index is 12.4. The predicted octanol–water partition coefficient (Wildman–Crippen LogP) is 2.07. The SMILES string of the molecule is Nc1ccc(S(=O)(=O)Nc2nccs2)c2cccnc12. The average molecular weight is 306 g/mol. The Labute approximate surface area is 119 Å². The number of benzene rings is 1. The van der Waals surface area contributed by atoms with E-state index in [0.29, 0.717) is 21.7 Å². The normalized spacial score (nSPS) is 11.6. The molecule has 0 saturated carbocycles. The summed E-state index contributed by atoms with van der Waals surface area (Å²) in [5.41, 5.74) is 6.72. The van der Waals surface area contributed by atoms with Crippen molar-refractivity contribution in [2.45, 2.75) is 4.90 Å². The van der Waals surface area contributed by atoms with Gasteiger partial charge >= 0.3 is 0 Å². The number of rotatable bonds is 3. The van der Waals surface area contributed by atoms with Crippen molar-refractivity contribution in [2.75, 3.05) is 10.5 Å². The summed E-state index contributed by atoms with van der Waals surface area (Å²) in [5, 5.41) is 2.50. The van der Waals surface area contributed by atoms with Gasteiger partial charge in [0.05, 0.1) is 16.1 Å². The van der Waals surface area contributed by atoms with Crippen LogP contribution in [0.1, 0.15) is 0 Å². The number of sulfonamides is 1. The minimum Gasteiger partial charge on any atom is -0.397 e. The van der Waals surface area contributed by atoms with Crippen LogP contribution in [0.5, 0.6) is 0 Å². The largest absolute Gasteiger partial charge is 0.397 e. The molecule has 2 aromatic heterocycles. The van der Waals surface area contributed by atoms with Crippen molar-refractivity contribution in [1.29, 1.82) is 0 Å². The molecule has 0 aliphatic carbocycles. The van der Waals surface area contributed by atoms with E-state index in [-0.39, 0.29) is 4.90 Å². The second-order valence-electron chi connectivity index (χ2n) is 4.00. The number of anilines is 2. The number of nitrogens with one attached hydrogen (secondary N) is 1. The number of nitrogens with zero attached hydrogens (tertiary/aromatic N) is 2. The summed E-state index contributed by atoms with van der Waals surface area (Å²) >= 11 is 1.21. The smallest absolute Gasteiger partial charge is 0.264 e. The number of nitrogens with two attached hydrogens (primary N) is 1. The maximum Gasteiger partial charge on any atom is 0.264 e. The van der Waals surface area contributed by atoms with Gasteiger partial charge in [-0.05, 0) is 24.3 Å². The number of hydrogen-bond acceptors (Lipinski definition) is 6. The fourth-order valence-electron chi connectivity index (χ4n) is 1.85. The summed E-state index contributed by atoms with van der Waals surface area (Å²) in [6.45, 7) is 0. The van der Waals surface area contributed by atoms with E-state index in [4.69, 9.17) is 5.73 Å². The first-order chi connectivity index (χ1) is 9.58. The van der Waals surface area contributed by atoms with Crippen molar-refractivity contribution in [3.63, 3.8) is 0 Å². The fraction of sp³-hybridized carbons (Fsp3) is 0. The summed E-state index contributed by atoms with van der Waals surface area (Å²) in [6.07, 6.45) is 3.11. The van der Waals surface area contributed by atoms with E-state index in [1.54, 1.807) is 23.7 Å². The lowest BCUT2D eigenvalue weighted by Gasteiger charge is -2.09. The van der Waals surface area contributed by atoms with E-state index >= 15 is 0 Å². The van der Waals surface area contributed by atoms with Crippen LogP contribution < -0.4 is 10.5 Å². The molecule has 102 valence electrons. The first-order valence-corrected chi connectivity index (χ1v) is 8.00. The Bertz CT molecular complexity index is 860. The van der Waals surface area contributed by atoms with E-state index in [1.165, 1.54) is 29.7 Å². The molecular formula is C12H10N4O2S2. The lowest BCUT2D eigenvalue weighted by Crippen LogP contribution is -2.13. The quantitative estimate of drug-likeness (QED) is 0.722. The molecular weight excluding hydrogens is 296 g/mol. The van der Waals surface area contributed by atoms with Gasteiger partial charge in [-0.3, -0.25) is 9.71 Å². The molecule has 0 aliphatic rings. The monoisotopic (exact) mass is 306 g/mol. The molecule has 0 unspecified atom stereocenters. The van der Waals surface area contributed by atoms with Crippen LogP contribution in [0, 0.1) is 0 Å². The number of thiazole rings is 1. The van der Waals surface area contributed by atoms with E-state index in [1.807, 2.05) is 0 Å². The van der Waals surface area contributed by atoms with Crippen molar-refractivity contribution in [3.05, 3.63) is 42.0 Å². The highest BCUT2D eigenvalue weighted by molar-refractivity contribution is 7.93. The second kappa shape index (κ2) is 4.73. The van der Waals surface area contributed by atoms with Crippen molar-refractivity contribution >= 4 is 43.1 Å². The molecule has 0 saturated heterocycles. The fourth-order valence-corrected chi connectivity index (χ4v) is 3.83.